The minimum atomic E-state index is -1.37. The predicted octanol–water partition coefficient (Wildman–Crippen LogP) is 0.967. The highest BCUT2D eigenvalue weighted by atomic mass is 16.5. The van der Waals surface area contributed by atoms with Gasteiger partial charge in [-0.25, -0.2) is 0 Å². The molecule has 0 bridgehead atoms. The zero-order valence-electron chi connectivity index (χ0n) is 9.43. The van der Waals surface area contributed by atoms with Gasteiger partial charge in [0.2, 0.25) is 17.7 Å². The average molecular weight is 244 g/mol. The molecule has 1 unspecified atom stereocenters. The molecule has 1 aromatic carbocycles. The molecule has 0 aromatic heterocycles. The molecule has 0 aliphatic heterocycles. The van der Waals surface area contributed by atoms with Crippen LogP contribution in [-0.4, -0.2) is 24.1 Å². The molecular weight excluding hydrogens is 236 g/mol. The van der Waals surface area contributed by atoms with Crippen molar-refractivity contribution in [2.75, 3.05) is 0 Å². The lowest BCUT2D eigenvalue weighted by Gasteiger charge is -2.01. The van der Waals surface area contributed by atoms with Crippen LogP contribution in [0.3, 0.4) is 0 Å². The summed E-state index contributed by atoms with van der Waals surface area (Å²) in [6.45, 7) is 1.70. The molecule has 1 aliphatic rings. The summed E-state index contributed by atoms with van der Waals surface area (Å²) in [4.78, 5) is 33.8. The predicted molar refractivity (Wildman–Crippen MR) is 60.1 cm³/mol. The highest BCUT2D eigenvalue weighted by Crippen LogP contribution is 2.27. The number of benzene rings is 1. The molecule has 5 heteroatoms. The fourth-order valence-electron chi connectivity index (χ4n) is 1.70. The van der Waals surface area contributed by atoms with Crippen molar-refractivity contribution in [3.63, 3.8) is 0 Å². The van der Waals surface area contributed by atoms with Crippen LogP contribution in [0.1, 0.15) is 27.6 Å². The Balaban J connectivity index is 2.38. The summed E-state index contributed by atoms with van der Waals surface area (Å²) in [5, 5.41) is 0. The zero-order chi connectivity index (χ0) is 13.1. The van der Waals surface area contributed by atoms with E-state index < -0.39 is 17.7 Å². The van der Waals surface area contributed by atoms with E-state index in [9.17, 15) is 14.4 Å². The molecule has 0 spiro atoms. The molecule has 2 rings (SSSR count). The van der Waals surface area contributed by atoms with Crippen molar-refractivity contribution in [3.05, 3.63) is 29.3 Å². The van der Waals surface area contributed by atoms with Gasteiger partial charge < -0.3 is 9.47 Å². The van der Waals surface area contributed by atoms with Gasteiger partial charge in [-0.15, -0.1) is 0 Å². The van der Waals surface area contributed by atoms with Crippen molar-refractivity contribution in [2.24, 2.45) is 0 Å². The lowest BCUT2D eigenvalue weighted by molar-refractivity contribution is -0.130. The number of rotatable bonds is 3. The van der Waals surface area contributed by atoms with E-state index in [0.717, 1.165) is 0 Å². The minimum Gasteiger partial charge on any atom is -0.448 e. The first-order chi connectivity index (χ1) is 8.69. The van der Waals surface area contributed by atoms with Crippen LogP contribution >= 0.6 is 0 Å². The Hall–Kier alpha value is -2.61. The fraction of sp³-hybridized carbons (Fsp3) is 0.154. The number of Topliss-reactive ketones (excluding diaryl/α,β-unsaturated/α-hetero) is 2. The van der Waals surface area contributed by atoms with E-state index in [0.29, 0.717) is 5.75 Å². The summed E-state index contributed by atoms with van der Waals surface area (Å²) >= 11 is 0. The van der Waals surface area contributed by atoms with Gasteiger partial charge in [-0.05, 0) is 18.2 Å². The van der Waals surface area contributed by atoms with Crippen LogP contribution in [0.2, 0.25) is 0 Å². The van der Waals surface area contributed by atoms with Crippen LogP contribution in [-0.2, 0) is 9.53 Å². The van der Waals surface area contributed by atoms with Crippen LogP contribution in [0.4, 0.5) is 0 Å². The number of fused-ring (bicyclic) bond motifs is 1. The molecule has 1 aliphatic carbocycles. The van der Waals surface area contributed by atoms with Crippen LogP contribution in [0, 0.1) is 12.0 Å². The summed E-state index contributed by atoms with van der Waals surface area (Å²) in [5.41, 5.74) is 0.408. The van der Waals surface area contributed by atoms with Crippen LogP contribution in [0.15, 0.2) is 18.2 Å². The summed E-state index contributed by atoms with van der Waals surface area (Å²) in [7, 11) is 0. The maximum atomic E-state index is 11.8. The van der Waals surface area contributed by atoms with Gasteiger partial charge in [0.25, 0.3) is 6.47 Å². The third-order valence-corrected chi connectivity index (χ3v) is 2.46. The molecule has 5 nitrogen and oxygen atoms in total. The lowest BCUT2D eigenvalue weighted by Crippen LogP contribution is -2.25. The molecular formula is C13H8O5. The van der Waals surface area contributed by atoms with Crippen LogP contribution in [0.5, 0.6) is 5.75 Å². The largest absolute Gasteiger partial charge is 0.448 e. The Morgan fingerprint density at radius 1 is 1.22 bits per heavy atom. The maximum absolute atomic E-state index is 11.8. The monoisotopic (exact) mass is 244 g/mol. The molecule has 0 saturated heterocycles. The summed E-state index contributed by atoms with van der Waals surface area (Å²) in [5.74, 6) is 1.83. The van der Waals surface area contributed by atoms with Crippen molar-refractivity contribution in [1.29, 1.82) is 0 Å². The van der Waals surface area contributed by atoms with E-state index in [1.165, 1.54) is 18.2 Å². The number of hydrogen-bond donors (Lipinski definition) is 0. The number of ether oxygens (including phenoxy) is 2. The van der Waals surface area contributed by atoms with Gasteiger partial charge in [0.1, 0.15) is 11.9 Å². The van der Waals surface area contributed by atoms with Crippen LogP contribution in [0.25, 0.3) is 0 Å². The Bertz CT molecular complexity index is 591. The number of carbonyl (C=O) groups is 3. The van der Waals surface area contributed by atoms with Gasteiger partial charge in [-0.3, -0.25) is 14.4 Å². The molecule has 1 aromatic rings. The molecule has 0 radical (unpaired) electrons. The van der Waals surface area contributed by atoms with Crippen molar-refractivity contribution in [2.45, 2.75) is 13.0 Å². The topological polar surface area (TPSA) is 69.7 Å². The molecule has 0 amide bonds. The smallest absolute Gasteiger partial charge is 0.294 e. The van der Waals surface area contributed by atoms with Gasteiger partial charge in [0.05, 0.1) is 0 Å². The van der Waals surface area contributed by atoms with Gasteiger partial charge in [0, 0.05) is 18.1 Å². The molecule has 0 N–H and O–H groups in total. The van der Waals surface area contributed by atoms with Crippen LogP contribution < -0.4 is 4.74 Å². The molecule has 18 heavy (non-hydrogen) atoms. The number of hydrogen-bond acceptors (Lipinski definition) is 5. The highest BCUT2D eigenvalue weighted by molar-refractivity contribution is 6.29. The second kappa shape index (κ2) is 4.72. The fourth-order valence-corrected chi connectivity index (χ4v) is 1.70. The Morgan fingerprint density at radius 2 is 1.94 bits per heavy atom. The molecule has 0 fully saturated rings. The summed E-state index contributed by atoms with van der Waals surface area (Å²) < 4.78 is 9.51. The summed E-state index contributed by atoms with van der Waals surface area (Å²) in [6, 6.07) is 4.39. The molecule has 0 heterocycles. The van der Waals surface area contributed by atoms with Crippen molar-refractivity contribution in [1.82, 2.24) is 0 Å². The van der Waals surface area contributed by atoms with Crippen molar-refractivity contribution in [3.8, 4) is 17.8 Å². The second-order valence-corrected chi connectivity index (χ2v) is 3.50. The van der Waals surface area contributed by atoms with Crippen molar-refractivity contribution < 1.29 is 23.9 Å². The van der Waals surface area contributed by atoms with E-state index in [4.69, 9.17) is 4.74 Å². The van der Waals surface area contributed by atoms with E-state index in [2.05, 4.69) is 16.8 Å². The average Bonchev–Trinajstić information content (AvgIpc) is 2.62. The van der Waals surface area contributed by atoms with Gasteiger partial charge in [0.15, 0.2) is 0 Å². The zero-order valence-corrected chi connectivity index (χ0v) is 9.43. The number of ketones is 2. The Kier molecular flexibility index (Phi) is 3.11. The van der Waals surface area contributed by atoms with E-state index in [1.54, 1.807) is 6.92 Å². The van der Waals surface area contributed by atoms with Gasteiger partial charge >= 0.3 is 0 Å². The first-order valence-corrected chi connectivity index (χ1v) is 5.09. The standard InChI is InChI=1S/C13H8O5/c1-2-5-17-8-3-4-9-10(6-8)12(16)13(11(9)15)18-7-14/h3-4,6-7,13H,1H3. The second-order valence-electron chi connectivity index (χ2n) is 3.50. The molecule has 90 valence electrons. The normalized spacial score (nSPS) is 16.6. The summed E-state index contributed by atoms with van der Waals surface area (Å²) in [6.07, 6.45) is 1.01. The lowest BCUT2D eigenvalue weighted by atomic mass is 10.1. The first kappa shape index (κ1) is 11.9. The van der Waals surface area contributed by atoms with E-state index >= 15 is 0 Å². The Morgan fingerprint density at radius 3 is 2.61 bits per heavy atom. The maximum Gasteiger partial charge on any atom is 0.294 e. The quantitative estimate of drug-likeness (QED) is 0.450. The van der Waals surface area contributed by atoms with Gasteiger partial charge in [-0.1, -0.05) is 5.92 Å². The number of carbonyl (C=O) groups excluding carboxylic acids is 3. The molecule has 0 saturated carbocycles. The first-order valence-electron chi connectivity index (χ1n) is 5.09. The SMILES string of the molecule is CC#COc1ccc2c(c1)C(=O)C(OC=O)C2=O. The highest BCUT2D eigenvalue weighted by Gasteiger charge is 2.40. The van der Waals surface area contributed by atoms with E-state index in [1.807, 2.05) is 0 Å². The molecule has 1 atom stereocenters. The minimum absolute atomic E-state index is 0.0896. The van der Waals surface area contributed by atoms with E-state index in [-0.39, 0.29) is 17.6 Å². The Labute approximate surface area is 103 Å². The third-order valence-electron chi connectivity index (χ3n) is 2.46. The van der Waals surface area contributed by atoms with Crippen molar-refractivity contribution >= 4 is 18.0 Å². The van der Waals surface area contributed by atoms with Gasteiger partial charge in [-0.2, -0.15) is 0 Å². The third kappa shape index (κ3) is 1.84.